The molecule has 0 atom stereocenters. The van der Waals surface area contributed by atoms with Crippen molar-refractivity contribution < 1.29 is 4.79 Å². The molecule has 21 heavy (non-hydrogen) atoms. The van der Waals surface area contributed by atoms with E-state index >= 15 is 0 Å². The summed E-state index contributed by atoms with van der Waals surface area (Å²) in [5, 5.41) is 3.88. The molecule has 0 radical (unpaired) electrons. The Morgan fingerprint density at radius 3 is 2.52 bits per heavy atom. The van der Waals surface area contributed by atoms with Gasteiger partial charge in [0.05, 0.1) is 17.3 Å². The highest BCUT2D eigenvalue weighted by Gasteiger charge is 2.20. The molecule has 4 nitrogen and oxygen atoms in total. The highest BCUT2D eigenvalue weighted by Crippen LogP contribution is 2.25. The maximum Gasteiger partial charge on any atom is 0.238 e. The average Bonchev–Trinajstić information content (AvgIpc) is 2.43. The molecule has 2 rings (SSSR count). The van der Waals surface area contributed by atoms with Gasteiger partial charge >= 0.3 is 0 Å². The number of piperazine rings is 1. The van der Waals surface area contributed by atoms with Crippen LogP contribution >= 0.6 is 23.2 Å². The Labute approximate surface area is 136 Å². The van der Waals surface area contributed by atoms with Crippen LogP contribution < -0.4 is 5.32 Å². The second-order valence-electron chi connectivity index (χ2n) is 5.58. The van der Waals surface area contributed by atoms with E-state index in [9.17, 15) is 4.79 Å². The highest BCUT2D eigenvalue weighted by molar-refractivity contribution is 6.35. The van der Waals surface area contributed by atoms with Gasteiger partial charge in [-0.2, -0.15) is 0 Å². The molecule has 1 aromatic rings. The number of nitrogens with zero attached hydrogens (tertiary/aromatic N) is 2. The zero-order valence-electron chi connectivity index (χ0n) is 12.4. The molecule has 0 aromatic heterocycles. The molecule has 6 heteroatoms. The monoisotopic (exact) mass is 329 g/mol. The number of nitrogens with one attached hydrogen (secondary N) is 1. The first-order valence-corrected chi connectivity index (χ1v) is 7.92. The van der Waals surface area contributed by atoms with E-state index in [2.05, 4.69) is 29.0 Å². The van der Waals surface area contributed by atoms with Crippen molar-refractivity contribution in [2.45, 2.75) is 19.9 Å². The van der Waals surface area contributed by atoms with Crippen LogP contribution in [0.1, 0.15) is 13.8 Å². The molecular formula is C15H21Cl2N3O. The molecule has 0 spiro atoms. The molecule has 0 unspecified atom stereocenters. The van der Waals surface area contributed by atoms with Crippen LogP contribution in [0.3, 0.4) is 0 Å². The van der Waals surface area contributed by atoms with E-state index in [4.69, 9.17) is 23.2 Å². The van der Waals surface area contributed by atoms with Crippen LogP contribution in [-0.2, 0) is 4.79 Å². The van der Waals surface area contributed by atoms with E-state index in [1.165, 1.54) is 0 Å². The van der Waals surface area contributed by atoms with E-state index in [-0.39, 0.29) is 5.91 Å². The second-order valence-corrected chi connectivity index (χ2v) is 6.42. The number of amides is 1. The van der Waals surface area contributed by atoms with Crippen molar-refractivity contribution in [2.24, 2.45) is 0 Å². The first kappa shape index (κ1) is 16.6. The number of hydrogen-bond acceptors (Lipinski definition) is 3. The molecule has 1 saturated heterocycles. The van der Waals surface area contributed by atoms with Gasteiger partial charge in [-0.3, -0.25) is 14.6 Å². The third-order valence-corrected chi connectivity index (χ3v) is 4.27. The summed E-state index contributed by atoms with van der Waals surface area (Å²) in [6.45, 7) is 8.61. The Hall–Kier alpha value is -0.810. The SMILES string of the molecule is CC(C)N1CCN(CC(=O)Nc2cc(Cl)ccc2Cl)CC1. The first-order valence-electron chi connectivity index (χ1n) is 7.17. The van der Waals surface area contributed by atoms with Crippen LogP contribution in [0.4, 0.5) is 5.69 Å². The zero-order valence-corrected chi connectivity index (χ0v) is 13.9. The minimum Gasteiger partial charge on any atom is -0.324 e. The van der Waals surface area contributed by atoms with Gasteiger partial charge in [-0.15, -0.1) is 0 Å². The van der Waals surface area contributed by atoms with Gasteiger partial charge in [0.25, 0.3) is 0 Å². The molecular weight excluding hydrogens is 309 g/mol. The number of rotatable bonds is 4. The molecule has 1 aromatic carbocycles. The minimum absolute atomic E-state index is 0.0582. The lowest BCUT2D eigenvalue weighted by molar-refractivity contribution is -0.117. The first-order chi connectivity index (χ1) is 9.95. The van der Waals surface area contributed by atoms with E-state index in [1.807, 2.05) is 0 Å². The van der Waals surface area contributed by atoms with Crippen LogP contribution in [0.2, 0.25) is 10.0 Å². The summed E-state index contributed by atoms with van der Waals surface area (Å²) in [7, 11) is 0. The molecule has 1 heterocycles. The van der Waals surface area contributed by atoms with Crippen LogP contribution in [-0.4, -0.2) is 54.5 Å². The van der Waals surface area contributed by atoms with Crippen molar-refractivity contribution in [3.63, 3.8) is 0 Å². The largest absolute Gasteiger partial charge is 0.324 e. The number of carbonyl (C=O) groups excluding carboxylic acids is 1. The molecule has 0 bridgehead atoms. The maximum absolute atomic E-state index is 12.1. The molecule has 1 fully saturated rings. The molecule has 1 N–H and O–H groups in total. The van der Waals surface area contributed by atoms with Crippen molar-refractivity contribution in [2.75, 3.05) is 38.0 Å². The minimum atomic E-state index is -0.0582. The van der Waals surface area contributed by atoms with Crippen molar-refractivity contribution in [1.82, 2.24) is 9.80 Å². The summed E-state index contributed by atoms with van der Waals surface area (Å²) in [5.74, 6) is -0.0582. The molecule has 1 aliphatic heterocycles. The van der Waals surface area contributed by atoms with Gasteiger partial charge in [-0.1, -0.05) is 23.2 Å². The molecule has 1 amide bonds. The smallest absolute Gasteiger partial charge is 0.238 e. The van der Waals surface area contributed by atoms with Gasteiger partial charge in [0.2, 0.25) is 5.91 Å². The maximum atomic E-state index is 12.1. The zero-order chi connectivity index (χ0) is 15.4. The fourth-order valence-corrected chi connectivity index (χ4v) is 2.76. The Morgan fingerprint density at radius 1 is 1.24 bits per heavy atom. The summed E-state index contributed by atoms with van der Waals surface area (Å²) in [4.78, 5) is 16.7. The van der Waals surface area contributed by atoms with Crippen LogP contribution in [0.15, 0.2) is 18.2 Å². The fraction of sp³-hybridized carbons (Fsp3) is 0.533. The lowest BCUT2D eigenvalue weighted by Gasteiger charge is -2.36. The van der Waals surface area contributed by atoms with E-state index < -0.39 is 0 Å². The lowest BCUT2D eigenvalue weighted by atomic mass is 10.2. The van der Waals surface area contributed by atoms with Gasteiger partial charge < -0.3 is 5.32 Å². The Kier molecular flexibility index (Phi) is 5.88. The van der Waals surface area contributed by atoms with Gasteiger partial charge in [-0.25, -0.2) is 0 Å². The van der Waals surface area contributed by atoms with Gasteiger partial charge in [0, 0.05) is 37.2 Å². The topological polar surface area (TPSA) is 35.6 Å². The highest BCUT2D eigenvalue weighted by atomic mass is 35.5. The van der Waals surface area contributed by atoms with Crippen molar-refractivity contribution in [3.05, 3.63) is 28.2 Å². The third kappa shape index (κ3) is 4.85. The normalized spacial score (nSPS) is 17.2. The van der Waals surface area contributed by atoms with E-state index in [0.29, 0.717) is 28.3 Å². The van der Waals surface area contributed by atoms with Crippen molar-refractivity contribution in [3.8, 4) is 0 Å². The lowest BCUT2D eigenvalue weighted by Crippen LogP contribution is -2.50. The Morgan fingerprint density at radius 2 is 1.90 bits per heavy atom. The molecule has 1 aliphatic rings. The van der Waals surface area contributed by atoms with Gasteiger partial charge in [-0.05, 0) is 32.0 Å². The van der Waals surface area contributed by atoms with Crippen LogP contribution in [0.25, 0.3) is 0 Å². The molecule has 0 saturated carbocycles. The summed E-state index contributed by atoms with van der Waals surface area (Å²) in [6, 6.07) is 5.61. The van der Waals surface area contributed by atoms with Gasteiger partial charge in [0.15, 0.2) is 0 Å². The van der Waals surface area contributed by atoms with Crippen molar-refractivity contribution in [1.29, 1.82) is 0 Å². The number of hydrogen-bond donors (Lipinski definition) is 1. The Balaban J connectivity index is 1.84. The quantitative estimate of drug-likeness (QED) is 0.922. The third-order valence-electron chi connectivity index (χ3n) is 3.71. The van der Waals surface area contributed by atoms with Crippen LogP contribution in [0, 0.1) is 0 Å². The summed E-state index contributed by atoms with van der Waals surface area (Å²) in [5.41, 5.74) is 0.565. The molecule has 0 aliphatic carbocycles. The second kappa shape index (κ2) is 7.45. The Bertz CT molecular complexity index is 500. The average molecular weight is 330 g/mol. The van der Waals surface area contributed by atoms with E-state index in [0.717, 1.165) is 26.2 Å². The summed E-state index contributed by atoms with van der Waals surface area (Å²) < 4.78 is 0. The van der Waals surface area contributed by atoms with Crippen molar-refractivity contribution >= 4 is 34.8 Å². The predicted octanol–water partition coefficient (Wildman–Crippen LogP) is 2.96. The predicted molar refractivity (Wildman–Crippen MR) is 88.2 cm³/mol. The standard InChI is InChI=1S/C15H21Cl2N3O/c1-11(2)20-7-5-19(6-8-20)10-15(21)18-14-9-12(16)3-4-13(14)17/h3-4,9,11H,5-8,10H2,1-2H3,(H,18,21). The fourth-order valence-electron chi connectivity index (χ4n) is 2.42. The number of halogens is 2. The van der Waals surface area contributed by atoms with Crippen LogP contribution in [0.5, 0.6) is 0 Å². The number of anilines is 1. The summed E-state index contributed by atoms with van der Waals surface area (Å²) in [6.07, 6.45) is 0. The number of carbonyl (C=O) groups is 1. The molecule has 116 valence electrons. The van der Waals surface area contributed by atoms with Gasteiger partial charge in [0.1, 0.15) is 0 Å². The number of benzene rings is 1. The van der Waals surface area contributed by atoms with E-state index in [1.54, 1.807) is 18.2 Å². The summed E-state index contributed by atoms with van der Waals surface area (Å²) >= 11 is 12.0.